The molecule has 0 unspecified atom stereocenters. The van der Waals surface area contributed by atoms with E-state index >= 15 is 0 Å². The largest absolute Gasteiger partial charge is 0.273 e. The predicted octanol–water partition coefficient (Wildman–Crippen LogP) is 3.77. The summed E-state index contributed by atoms with van der Waals surface area (Å²) in [5.74, 6) is -0.141. The molecular weight excluding hydrogens is 328 g/mol. The lowest BCUT2D eigenvalue weighted by Crippen LogP contribution is -2.19. The van der Waals surface area contributed by atoms with Gasteiger partial charge in [0.15, 0.2) is 0 Å². The van der Waals surface area contributed by atoms with Crippen molar-refractivity contribution in [3.8, 4) is 0 Å². The molecular formula is C17H15BrN2O. The number of hydrogen-bond donors (Lipinski definition) is 1. The van der Waals surface area contributed by atoms with Gasteiger partial charge in [-0.15, -0.1) is 0 Å². The van der Waals surface area contributed by atoms with Gasteiger partial charge in [0, 0.05) is 4.48 Å². The molecule has 0 bridgehead atoms. The Kier molecular flexibility index (Phi) is 5.91. The van der Waals surface area contributed by atoms with Crippen LogP contribution in [0.4, 0.5) is 0 Å². The van der Waals surface area contributed by atoms with Gasteiger partial charge in [-0.25, -0.2) is 5.43 Å². The molecule has 2 rings (SSSR count). The van der Waals surface area contributed by atoms with E-state index in [1.807, 2.05) is 66.7 Å². The van der Waals surface area contributed by atoms with E-state index in [0.717, 1.165) is 15.6 Å². The molecule has 4 heteroatoms. The third kappa shape index (κ3) is 5.75. The third-order valence-corrected chi connectivity index (χ3v) is 3.12. The molecule has 0 atom stereocenters. The highest BCUT2D eigenvalue weighted by molar-refractivity contribution is 9.12. The molecule has 2 aromatic carbocycles. The summed E-state index contributed by atoms with van der Waals surface area (Å²) in [5, 5.41) is 3.92. The van der Waals surface area contributed by atoms with Crippen molar-refractivity contribution in [3.63, 3.8) is 0 Å². The number of carbonyl (C=O) groups excluding carboxylic acids is 1. The average Bonchev–Trinajstić information content (AvgIpc) is 2.49. The van der Waals surface area contributed by atoms with Gasteiger partial charge < -0.3 is 0 Å². The second kappa shape index (κ2) is 8.17. The molecule has 0 saturated heterocycles. The van der Waals surface area contributed by atoms with Gasteiger partial charge in [0.05, 0.1) is 12.6 Å². The Labute approximate surface area is 132 Å². The lowest BCUT2D eigenvalue weighted by Gasteiger charge is -1.99. The van der Waals surface area contributed by atoms with Gasteiger partial charge in [-0.1, -0.05) is 60.7 Å². The Morgan fingerprint density at radius 2 is 1.67 bits per heavy atom. The summed E-state index contributed by atoms with van der Waals surface area (Å²) in [6, 6.07) is 19.4. The first-order chi connectivity index (χ1) is 10.2. The van der Waals surface area contributed by atoms with Crippen LogP contribution in [0.15, 0.2) is 70.2 Å². The van der Waals surface area contributed by atoms with E-state index in [1.165, 1.54) is 0 Å². The second-order valence-corrected chi connectivity index (χ2v) is 5.31. The number of hydrazone groups is 1. The standard InChI is InChI=1S/C17H15BrN2O/c18-16(11-14-7-3-1-4-8-14)13-19-20-17(21)12-15-9-5-2-6-10-15/h1-11,13H,12H2,(H,20,21)/b16-11-,19-13-. The van der Waals surface area contributed by atoms with Crippen LogP contribution in [0.3, 0.4) is 0 Å². The number of benzene rings is 2. The van der Waals surface area contributed by atoms with E-state index in [1.54, 1.807) is 6.21 Å². The van der Waals surface area contributed by atoms with E-state index in [9.17, 15) is 4.79 Å². The zero-order valence-electron chi connectivity index (χ0n) is 11.4. The first-order valence-corrected chi connectivity index (χ1v) is 7.31. The van der Waals surface area contributed by atoms with Crippen molar-refractivity contribution in [2.45, 2.75) is 6.42 Å². The Bertz CT molecular complexity index is 636. The van der Waals surface area contributed by atoms with Gasteiger partial charge in [-0.3, -0.25) is 4.79 Å². The molecule has 21 heavy (non-hydrogen) atoms. The van der Waals surface area contributed by atoms with Crippen molar-refractivity contribution in [2.75, 3.05) is 0 Å². The number of hydrogen-bond acceptors (Lipinski definition) is 2. The maximum Gasteiger partial charge on any atom is 0.244 e. The molecule has 2 aromatic rings. The van der Waals surface area contributed by atoms with Crippen LogP contribution in [-0.4, -0.2) is 12.1 Å². The molecule has 0 aromatic heterocycles. The quantitative estimate of drug-likeness (QED) is 0.652. The van der Waals surface area contributed by atoms with Crippen LogP contribution in [0.25, 0.3) is 6.08 Å². The summed E-state index contributed by atoms with van der Waals surface area (Å²) >= 11 is 3.39. The smallest absolute Gasteiger partial charge is 0.244 e. The van der Waals surface area contributed by atoms with Gasteiger partial charge in [-0.05, 0) is 33.1 Å². The molecule has 0 aliphatic rings. The average molecular weight is 343 g/mol. The van der Waals surface area contributed by atoms with Crippen molar-refractivity contribution in [1.82, 2.24) is 5.43 Å². The summed E-state index contributed by atoms with van der Waals surface area (Å²) < 4.78 is 0.786. The van der Waals surface area contributed by atoms with Crippen LogP contribution in [0.5, 0.6) is 0 Å². The van der Waals surface area contributed by atoms with Gasteiger partial charge in [0.25, 0.3) is 0 Å². The highest BCUT2D eigenvalue weighted by atomic mass is 79.9. The van der Waals surface area contributed by atoms with Crippen molar-refractivity contribution < 1.29 is 4.79 Å². The fourth-order valence-corrected chi connectivity index (χ4v) is 2.10. The number of rotatable bonds is 5. The molecule has 0 aliphatic heterocycles. The van der Waals surface area contributed by atoms with E-state index in [0.29, 0.717) is 6.42 Å². The number of amides is 1. The number of nitrogens with one attached hydrogen (secondary N) is 1. The van der Waals surface area contributed by atoms with Gasteiger partial charge in [0.2, 0.25) is 5.91 Å². The number of halogens is 1. The van der Waals surface area contributed by atoms with E-state index < -0.39 is 0 Å². The maximum absolute atomic E-state index is 11.7. The Balaban J connectivity index is 1.84. The molecule has 0 aliphatic carbocycles. The molecule has 106 valence electrons. The molecule has 0 fully saturated rings. The fraction of sp³-hybridized carbons (Fsp3) is 0.0588. The van der Waals surface area contributed by atoms with Crippen LogP contribution in [-0.2, 0) is 11.2 Å². The zero-order valence-corrected chi connectivity index (χ0v) is 13.0. The van der Waals surface area contributed by atoms with E-state index in [4.69, 9.17) is 0 Å². The maximum atomic E-state index is 11.7. The monoisotopic (exact) mass is 342 g/mol. The number of carbonyl (C=O) groups is 1. The summed E-state index contributed by atoms with van der Waals surface area (Å²) in [7, 11) is 0. The first kappa shape index (κ1) is 15.2. The Hall–Kier alpha value is -2.20. The lowest BCUT2D eigenvalue weighted by molar-refractivity contribution is -0.120. The van der Waals surface area contributed by atoms with E-state index in [-0.39, 0.29) is 5.91 Å². The van der Waals surface area contributed by atoms with Crippen LogP contribution in [0, 0.1) is 0 Å². The van der Waals surface area contributed by atoms with Crippen LogP contribution in [0.2, 0.25) is 0 Å². The Morgan fingerprint density at radius 3 is 2.33 bits per heavy atom. The molecule has 3 nitrogen and oxygen atoms in total. The summed E-state index contributed by atoms with van der Waals surface area (Å²) in [6.45, 7) is 0. The number of allylic oxidation sites excluding steroid dienone is 1. The molecule has 1 N–H and O–H groups in total. The summed E-state index contributed by atoms with van der Waals surface area (Å²) in [4.78, 5) is 11.7. The normalized spacial score (nSPS) is 11.6. The third-order valence-electron chi connectivity index (χ3n) is 2.69. The van der Waals surface area contributed by atoms with Gasteiger partial charge >= 0.3 is 0 Å². The Morgan fingerprint density at radius 1 is 1.05 bits per heavy atom. The molecule has 0 spiro atoms. The number of nitrogens with zero attached hydrogens (tertiary/aromatic N) is 1. The van der Waals surface area contributed by atoms with Crippen LogP contribution >= 0.6 is 15.9 Å². The molecule has 0 radical (unpaired) electrons. The van der Waals surface area contributed by atoms with E-state index in [2.05, 4.69) is 26.5 Å². The predicted molar refractivity (Wildman–Crippen MR) is 90.1 cm³/mol. The summed E-state index contributed by atoms with van der Waals surface area (Å²) in [6.07, 6.45) is 3.81. The minimum atomic E-state index is -0.141. The van der Waals surface area contributed by atoms with Crippen molar-refractivity contribution in [2.24, 2.45) is 5.10 Å². The molecule has 1 amide bonds. The molecule has 0 heterocycles. The van der Waals surface area contributed by atoms with Crippen molar-refractivity contribution in [3.05, 3.63) is 76.3 Å². The first-order valence-electron chi connectivity index (χ1n) is 6.52. The fourth-order valence-electron chi connectivity index (χ4n) is 1.73. The van der Waals surface area contributed by atoms with Crippen LogP contribution in [0.1, 0.15) is 11.1 Å². The highest BCUT2D eigenvalue weighted by Gasteiger charge is 2.00. The second-order valence-electron chi connectivity index (χ2n) is 4.40. The van der Waals surface area contributed by atoms with Gasteiger partial charge in [0.1, 0.15) is 0 Å². The topological polar surface area (TPSA) is 41.5 Å². The SMILES string of the molecule is O=C(Cc1ccccc1)N/N=C\C(Br)=C\c1ccccc1. The van der Waals surface area contributed by atoms with Crippen molar-refractivity contribution >= 4 is 34.1 Å². The molecule has 0 saturated carbocycles. The zero-order chi connectivity index (χ0) is 14.9. The summed E-state index contributed by atoms with van der Waals surface area (Å²) in [5.41, 5.74) is 4.53. The van der Waals surface area contributed by atoms with Crippen LogP contribution < -0.4 is 5.43 Å². The lowest BCUT2D eigenvalue weighted by atomic mass is 10.1. The minimum Gasteiger partial charge on any atom is -0.273 e. The minimum absolute atomic E-state index is 0.141. The van der Waals surface area contributed by atoms with Crippen molar-refractivity contribution in [1.29, 1.82) is 0 Å². The highest BCUT2D eigenvalue weighted by Crippen LogP contribution is 2.09. The van der Waals surface area contributed by atoms with Gasteiger partial charge in [-0.2, -0.15) is 5.10 Å².